The average Bonchev–Trinajstić information content (AvgIpc) is 2.69. The average molecular weight is 396 g/mol. The molecule has 2 saturated carbocycles. The summed E-state index contributed by atoms with van der Waals surface area (Å²) in [5, 5.41) is 0. The molecule has 2 aliphatic carbocycles. The van der Waals surface area contributed by atoms with Crippen LogP contribution in [0.5, 0.6) is 0 Å². The second-order valence-electron chi connectivity index (χ2n) is 9.14. The number of ketones is 1. The highest BCUT2D eigenvalue weighted by atomic mass is 32.2. The summed E-state index contributed by atoms with van der Waals surface area (Å²) in [5.74, 6) is -0.184. The molecule has 0 amide bonds. The number of fused-ring (bicyclic) bond motifs is 2. The van der Waals surface area contributed by atoms with E-state index in [4.69, 9.17) is 0 Å². The predicted octanol–water partition coefficient (Wildman–Crippen LogP) is 1.75. The maximum atomic E-state index is 12.9. The van der Waals surface area contributed by atoms with E-state index in [9.17, 15) is 26.2 Å². The molecule has 0 saturated heterocycles. The van der Waals surface area contributed by atoms with E-state index >= 15 is 0 Å². The number of carbonyl (C=O) groups excluding carboxylic acids is 1. The fourth-order valence-electron chi connectivity index (χ4n) is 4.30. The van der Waals surface area contributed by atoms with E-state index in [1.807, 2.05) is 13.8 Å². The Morgan fingerprint density at radius 1 is 1.16 bits per heavy atom. The first-order valence-electron chi connectivity index (χ1n) is 8.42. The number of Topliss-reactive ketones (excluding diaryl/α,β-unsaturated/α-hetero) is 1. The third-order valence-electron chi connectivity index (χ3n) is 7.14. The Bertz CT molecular complexity index is 794. The van der Waals surface area contributed by atoms with E-state index in [0.717, 1.165) is 6.42 Å². The van der Waals surface area contributed by atoms with Gasteiger partial charge in [0.15, 0.2) is 0 Å². The minimum Gasteiger partial charge on any atom is -0.299 e. The van der Waals surface area contributed by atoms with Crippen LogP contribution in [0.4, 0.5) is 0 Å². The first-order valence-corrected chi connectivity index (χ1v) is 11.5. The molecule has 2 N–H and O–H groups in total. The highest BCUT2D eigenvalue weighted by molar-refractivity contribution is 7.90. The topological polar surface area (TPSA) is 118 Å². The van der Waals surface area contributed by atoms with Gasteiger partial charge in [-0.2, -0.15) is 8.42 Å². The molecule has 146 valence electrons. The van der Waals surface area contributed by atoms with Gasteiger partial charge < -0.3 is 0 Å². The van der Waals surface area contributed by atoms with Gasteiger partial charge in [-0.15, -0.1) is 0 Å². The Morgan fingerprint density at radius 3 is 2.04 bits per heavy atom. The standard InChI is InChI=1S/C16H29NO6S2/c1-13(2)11-7-8-16(13,12(18)9-11)10-24(19,20)17-14(3,4)15(5,6)25(21,22)23/h11,17H,7-10H2,1-6H3,(H,21,22,23). The third-order valence-corrected chi connectivity index (χ3v) is 10.6. The number of sulfonamides is 1. The molecule has 0 radical (unpaired) electrons. The van der Waals surface area contributed by atoms with Crippen LogP contribution < -0.4 is 4.72 Å². The molecule has 2 aliphatic rings. The second kappa shape index (κ2) is 5.50. The van der Waals surface area contributed by atoms with Gasteiger partial charge in [0.1, 0.15) is 10.5 Å². The largest absolute Gasteiger partial charge is 0.299 e. The van der Waals surface area contributed by atoms with Crippen molar-refractivity contribution in [2.45, 2.75) is 71.1 Å². The molecule has 2 unspecified atom stereocenters. The van der Waals surface area contributed by atoms with Crippen LogP contribution in [-0.2, 0) is 24.9 Å². The zero-order valence-electron chi connectivity index (χ0n) is 15.7. The lowest BCUT2D eigenvalue weighted by atomic mass is 9.70. The molecule has 9 heteroatoms. The number of hydrogen-bond donors (Lipinski definition) is 2. The van der Waals surface area contributed by atoms with Crippen molar-refractivity contribution >= 4 is 25.9 Å². The van der Waals surface area contributed by atoms with Crippen LogP contribution >= 0.6 is 0 Å². The van der Waals surface area contributed by atoms with E-state index in [0.29, 0.717) is 12.8 Å². The van der Waals surface area contributed by atoms with Gasteiger partial charge >= 0.3 is 0 Å². The summed E-state index contributed by atoms with van der Waals surface area (Å²) >= 11 is 0. The van der Waals surface area contributed by atoms with Gasteiger partial charge in [0.25, 0.3) is 10.1 Å². The van der Waals surface area contributed by atoms with Gasteiger partial charge in [0.2, 0.25) is 10.0 Å². The van der Waals surface area contributed by atoms with Crippen molar-refractivity contribution in [3.63, 3.8) is 0 Å². The van der Waals surface area contributed by atoms with E-state index in [-0.39, 0.29) is 17.5 Å². The SMILES string of the molecule is CC(C)(NS(=O)(=O)CC12CCC(CC1=O)C2(C)C)C(C)(C)S(=O)(=O)O. The van der Waals surface area contributed by atoms with Gasteiger partial charge in [0.05, 0.1) is 5.75 Å². The number of nitrogens with one attached hydrogen (secondary N) is 1. The van der Waals surface area contributed by atoms with Crippen molar-refractivity contribution in [2.75, 3.05) is 5.75 Å². The fourth-order valence-corrected chi connectivity index (χ4v) is 7.49. The smallest absolute Gasteiger partial charge is 0.271 e. The van der Waals surface area contributed by atoms with E-state index < -0.39 is 41.3 Å². The summed E-state index contributed by atoms with van der Waals surface area (Å²) in [6.07, 6.45) is 1.77. The fraction of sp³-hybridized carbons (Fsp3) is 0.938. The van der Waals surface area contributed by atoms with Crippen LogP contribution in [0.15, 0.2) is 0 Å². The molecule has 0 aromatic heterocycles. The minimum atomic E-state index is -4.50. The first kappa shape index (κ1) is 20.8. The Hall–Kier alpha value is -0.510. The minimum absolute atomic E-state index is 0.0222. The normalized spacial score (nSPS) is 30.0. The van der Waals surface area contributed by atoms with Crippen LogP contribution in [-0.4, -0.2) is 43.2 Å². The highest BCUT2D eigenvalue weighted by Crippen LogP contribution is 2.64. The van der Waals surface area contributed by atoms with Gasteiger partial charge in [-0.1, -0.05) is 13.8 Å². The van der Waals surface area contributed by atoms with E-state index in [1.165, 1.54) is 27.7 Å². The number of rotatable bonds is 6. The predicted molar refractivity (Wildman–Crippen MR) is 95.2 cm³/mol. The van der Waals surface area contributed by atoms with Crippen molar-refractivity contribution in [3.05, 3.63) is 0 Å². The molecule has 7 nitrogen and oxygen atoms in total. The van der Waals surface area contributed by atoms with Crippen molar-refractivity contribution < 1.29 is 26.2 Å². The molecular formula is C16H29NO6S2. The monoisotopic (exact) mass is 395 g/mol. The lowest BCUT2D eigenvalue weighted by Crippen LogP contribution is -2.62. The Labute approximate surface area is 150 Å². The Morgan fingerprint density at radius 2 is 1.68 bits per heavy atom. The summed E-state index contributed by atoms with van der Waals surface area (Å²) in [7, 11) is -8.46. The molecular weight excluding hydrogens is 366 g/mol. The van der Waals surface area contributed by atoms with Crippen molar-refractivity contribution in [2.24, 2.45) is 16.7 Å². The summed E-state index contributed by atoms with van der Waals surface area (Å²) in [5.41, 5.74) is -2.79. The number of carbonyl (C=O) groups is 1. The van der Waals surface area contributed by atoms with Gasteiger partial charge in [-0.25, -0.2) is 13.1 Å². The molecule has 2 rings (SSSR count). The lowest BCUT2D eigenvalue weighted by Gasteiger charge is -2.41. The third kappa shape index (κ3) is 2.96. The summed E-state index contributed by atoms with van der Waals surface area (Å²) in [6.45, 7) is 9.24. The molecule has 2 bridgehead atoms. The van der Waals surface area contributed by atoms with Crippen molar-refractivity contribution in [1.29, 1.82) is 0 Å². The zero-order chi connectivity index (χ0) is 19.7. The summed E-state index contributed by atoms with van der Waals surface area (Å²) in [4.78, 5) is 12.5. The molecule has 0 spiro atoms. The summed E-state index contributed by atoms with van der Waals surface area (Å²) < 4.78 is 59.2. The molecule has 2 atom stereocenters. The van der Waals surface area contributed by atoms with Gasteiger partial charge in [-0.3, -0.25) is 9.35 Å². The Balaban J connectivity index is 2.34. The molecule has 0 aromatic rings. The molecule has 25 heavy (non-hydrogen) atoms. The van der Waals surface area contributed by atoms with Crippen LogP contribution in [0, 0.1) is 16.7 Å². The lowest BCUT2D eigenvalue weighted by molar-refractivity contribution is -0.128. The number of hydrogen-bond acceptors (Lipinski definition) is 5. The maximum Gasteiger partial charge on any atom is 0.271 e. The molecule has 0 aromatic carbocycles. The quantitative estimate of drug-likeness (QED) is 0.662. The van der Waals surface area contributed by atoms with Crippen LogP contribution in [0.2, 0.25) is 0 Å². The van der Waals surface area contributed by atoms with E-state index in [2.05, 4.69) is 4.72 Å². The van der Waals surface area contributed by atoms with E-state index in [1.54, 1.807) is 0 Å². The molecule has 2 fully saturated rings. The highest BCUT2D eigenvalue weighted by Gasteiger charge is 2.65. The van der Waals surface area contributed by atoms with Crippen LogP contribution in [0.1, 0.15) is 60.8 Å². The maximum absolute atomic E-state index is 12.9. The first-order chi connectivity index (χ1) is 10.9. The van der Waals surface area contributed by atoms with Crippen molar-refractivity contribution in [3.8, 4) is 0 Å². The second-order valence-corrected chi connectivity index (χ2v) is 12.8. The van der Waals surface area contributed by atoms with Gasteiger partial charge in [-0.05, 0) is 51.9 Å². The van der Waals surface area contributed by atoms with Crippen LogP contribution in [0.3, 0.4) is 0 Å². The molecule has 0 aliphatic heterocycles. The van der Waals surface area contributed by atoms with Crippen molar-refractivity contribution in [1.82, 2.24) is 4.72 Å². The Kier molecular flexibility index (Phi) is 4.57. The zero-order valence-corrected chi connectivity index (χ0v) is 17.3. The summed E-state index contributed by atoms with van der Waals surface area (Å²) in [6, 6.07) is 0. The van der Waals surface area contributed by atoms with Gasteiger partial charge in [0, 0.05) is 17.4 Å². The molecule has 0 heterocycles. The van der Waals surface area contributed by atoms with Crippen LogP contribution in [0.25, 0.3) is 0 Å².